The number of rotatable bonds is 6. The lowest BCUT2D eigenvalue weighted by Crippen LogP contribution is -2.32. The Morgan fingerprint density at radius 3 is 2.57 bits per heavy atom. The maximum absolute atomic E-state index is 12.6. The van der Waals surface area contributed by atoms with E-state index in [1.54, 1.807) is 18.2 Å². The Morgan fingerprint density at radius 2 is 1.77 bits per heavy atom. The van der Waals surface area contributed by atoms with Crippen molar-refractivity contribution in [3.63, 3.8) is 0 Å². The van der Waals surface area contributed by atoms with Gasteiger partial charge >= 0.3 is 0 Å². The minimum absolute atomic E-state index is 0.0765. The van der Waals surface area contributed by atoms with Crippen molar-refractivity contribution in [2.24, 2.45) is 0 Å². The Kier molecular flexibility index (Phi) is 5.43. The molecule has 0 aliphatic carbocycles. The third-order valence-corrected chi connectivity index (χ3v) is 5.21. The van der Waals surface area contributed by atoms with Crippen LogP contribution in [0.4, 0.5) is 0 Å². The van der Waals surface area contributed by atoms with Gasteiger partial charge in [0, 0.05) is 17.8 Å². The number of benzene rings is 2. The molecule has 0 aliphatic rings. The van der Waals surface area contributed by atoms with Gasteiger partial charge in [-0.3, -0.25) is 18.8 Å². The number of hydrogen-bond acceptors (Lipinski definition) is 4. The van der Waals surface area contributed by atoms with Crippen LogP contribution in [0.1, 0.15) is 22.5 Å². The molecule has 2 heterocycles. The van der Waals surface area contributed by atoms with Crippen molar-refractivity contribution in [3.05, 3.63) is 93.8 Å². The molecule has 30 heavy (non-hydrogen) atoms. The van der Waals surface area contributed by atoms with Crippen LogP contribution < -0.4 is 10.9 Å². The highest BCUT2D eigenvalue weighted by molar-refractivity contribution is 5.78. The van der Waals surface area contributed by atoms with Gasteiger partial charge in [-0.2, -0.15) is 5.10 Å². The number of amides is 1. The Hall–Kier alpha value is -3.74. The first-order chi connectivity index (χ1) is 14.5. The van der Waals surface area contributed by atoms with E-state index < -0.39 is 0 Å². The molecule has 0 bridgehead atoms. The lowest BCUT2D eigenvalue weighted by Gasteiger charge is -2.09. The summed E-state index contributed by atoms with van der Waals surface area (Å²) < 4.78 is 3.28. The number of aryl methyl sites for hydroxylation is 1. The highest BCUT2D eigenvalue weighted by atomic mass is 16.2. The van der Waals surface area contributed by atoms with Gasteiger partial charge < -0.3 is 5.32 Å². The second-order valence-electron chi connectivity index (χ2n) is 7.26. The molecular weight excluding hydrogens is 378 g/mol. The molecule has 2 aromatic carbocycles. The number of para-hydroxylation sites is 1. The topological polar surface area (TPSA) is 81.8 Å². The maximum atomic E-state index is 12.6. The van der Waals surface area contributed by atoms with Gasteiger partial charge in [0.25, 0.3) is 5.56 Å². The fraction of sp³-hybridized carbons (Fsp3) is 0.217. The number of nitrogens with one attached hydrogen (secondary N) is 1. The lowest BCUT2D eigenvalue weighted by molar-refractivity contribution is -0.121. The molecule has 1 N–H and O–H groups in total. The highest BCUT2D eigenvalue weighted by Gasteiger charge is 2.14. The lowest BCUT2D eigenvalue weighted by atomic mass is 10.2. The predicted molar refractivity (Wildman–Crippen MR) is 115 cm³/mol. The van der Waals surface area contributed by atoms with E-state index in [1.807, 2.05) is 42.8 Å². The van der Waals surface area contributed by atoms with E-state index in [0.29, 0.717) is 24.0 Å². The fourth-order valence-corrected chi connectivity index (χ4v) is 3.52. The summed E-state index contributed by atoms with van der Waals surface area (Å²) in [4.78, 5) is 29.3. The van der Waals surface area contributed by atoms with Gasteiger partial charge in [-0.05, 0) is 31.5 Å². The molecule has 0 unspecified atom stereocenters. The summed E-state index contributed by atoms with van der Waals surface area (Å²) in [7, 11) is 0. The molecule has 7 nitrogen and oxygen atoms in total. The molecule has 4 rings (SSSR count). The van der Waals surface area contributed by atoms with Crippen molar-refractivity contribution in [2.75, 3.05) is 0 Å². The van der Waals surface area contributed by atoms with Crippen molar-refractivity contribution in [2.45, 2.75) is 33.5 Å². The van der Waals surface area contributed by atoms with Gasteiger partial charge in [0.15, 0.2) is 0 Å². The molecule has 1 amide bonds. The second kappa shape index (κ2) is 8.32. The maximum Gasteiger partial charge on any atom is 0.261 e. The quantitative estimate of drug-likeness (QED) is 0.538. The second-order valence-corrected chi connectivity index (χ2v) is 7.26. The smallest absolute Gasteiger partial charge is 0.261 e. The molecule has 0 atom stereocenters. The third kappa shape index (κ3) is 4.00. The molecule has 0 fully saturated rings. The minimum atomic E-state index is -0.246. The van der Waals surface area contributed by atoms with E-state index in [0.717, 1.165) is 17.0 Å². The van der Waals surface area contributed by atoms with Gasteiger partial charge in [-0.15, -0.1) is 0 Å². The molecular formula is C23H23N5O2. The summed E-state index contributed by atoms with van der Waals surface area (Å²) >= 11 is 0. The van der Waals surface area contributed by atoms with Crippen LogP contribution in [0.3, 0.4) is 0 Å². The Morgan fingerprint density at radius 1 is 1.03 bits per heavy atom. The van der Waals surface area contributed by atoms with Crippen LogP contribution >= 0.6 is 0 Å². The largest absolute Gasteiger partial charge is 0.350 e. The zero-order valence-electron chi connectivity index (χ0n) is 17.0. The van der Waals surface area contributed by atoms with Crippen molar-refractivity contribution in [1.29, 1.82) is 0 Å². The van der Waals surface area contributed by atoms with Crippen LogP contribution in [0, 0.1) is 13.8 Å². The minimum Gasteiger partial charge on any atom is -0.350 e. The summed E-state index contributed by atoms with van der Waals surface area (Å²) in [6.45, 7) is 4.91. The van der Waals surface area contributed by atoms with Crippen LogP contribution in [0.15, 0.2) is 65.7 Å². The first kappa shape index (κ1) is 19.6. The Labute approximate surface area is 174 Å². The van der Waals surface area contributed by atoms with Crippen molar-refractivity contribution in [1.82, 2.24) is 24.6 Å². The van der Waals surface area contributed by atoms with Crippen LogP contribution in [0.2, 0.25) is 0 Å². The predicted octanol–water partition coefficient (Wildman–Crippen LogP) is 2.57. The zero-order chi connectivity index (χ0) is 21.1. The number of fused-ring (bicyclic) bond motifs is 1. The standard InChI is InChI=1S/C23H23N5O2/c1-16-20(17(2)28(26-16)13-18-8-4-3-5-9-18)12-24-22(29)14-27-15-25-21-11-7-6-10-19(21)23(27)30/h3-11,15H,12-14H2,1-2H3,(H,24,29). The van der Waals surface area contributed by atoms with Crippen LogP contribution in [0.5, 0.6) is 0 Å². The number of carbonyl (C=O) groups excluding carboxylic acids is 1. The van der Waals surface area contributed by atoms with E-state index in [2.05, 4.69) is 27.5 Å². The normalized spacial score (nSPS) is 11.0. The number of hydrogen-bond donors (Lipinski definition) is 1. The van der Waals surface area contributed by atoms with E-state index in [-0.39, 0.29) is 18.0 Å². The first-order valence-corrected chi connectivity index (χ1v) is 9.80. The van der Waals surface area contributed by atoms with Gasteiger partial charge in [0.2, 0.25) is 5.91 Å². The van der Waals surface area contributed by atoms with Gasteiger partial charge in [0.1, 0.15) is 6.54 Å². The molecule has 0 aliphatic heterocycles. The van der Waals surface area contributed by atoms with Crippen molar-refractivity contribution < 1.29 is 4.79 Å². The van der Waals surface area contributed by atoms with Gasteiger partial charge in [-0.1, -0.05) is 42.5 Å². The van der Waals surface area contributed by atoms with E-state index in [4.69, 9.17) is 0 Å². The summed E-state index contributed by atoms with van der Waals surface area (Å²) in [5, 5.41) is 8.02. The number of nitrogens with zero attached hydrogens (tertiary/aromatic N) is 4. The fourth-order valence-electron chi connectivity index (χ4n) is 3.52. The summed E-state index contributed by atoms with van der Waals surface area (Å²) in [6, 6.07) is 17.2. The molecule has 0 spiro atoms. The van der Waals surface area contributed by atoms with Crippen LogP contribution in [-0.4, -0.2) is 25.2 Å². The molecule has 0 saturated heterocycles. The van der Waals surface area contributed by atoms with Crippen molar-refractivity contribution in [3.8, 4) is 0 Å². The zero-order valence-corrected chi connectivity index (χ0v) is 17.0. The third-order valence-electron chi connectivity index (χ3n) is 5.21. The molecule has 152 valence electrons. The number of carbonyl (C=O) groups is 1. The summed E-state index contributed by atoms with van der Waals surface area (Å²) in [6.07, 6.45) is 1.42. The summed E-state index contributed by atoms with van der Waals surface area (Å²) in [5.41, 5.74) is 4.45. The molecule has 2 aromatic heterocycles. The molecule has 0 radical (unpaired) electrons. The molecule has 7 heteroatoms. The van der Waals surface area contributed by atoms with E-state index >= 15 is 0 Å². The van der Waals surface area contributed by atoms with Crippen LogP contribution in [0.25, 0.3) is 10.9 Å². The molecule has 0 saturated carbocycles. The first-order valence-electron chi connectivity index (χ1n) is 9.80. The van der Waals surface area contributed by atoms with Crippen LogP contribution in [-0.2, 0) is 24.4 Å². The van der Waals surface area contributed by atoms with Gasteiger partial charge in [0.05, 0.1) is 29.5 Å². The monoisotopic (exact) mass is 401 g/mol. The number of aromatic nitrogens is 4. The highest BCUT2D eigenvalue weighted by Crippen LogP contribution is 2.14. The Bertz CT molecular complexity index is 1260. The summed E-state index contributed by atoms with van der Waals surface area (Å²) in [5.74, 6) is -0.246. The molecule has 4 aromatic rings. The van der Waals surface area contributed by atoms with E-state index in [1.165, 1.54) is 16.5 Å². The van der Waals surface area contributed by atoms with Crippen molar-refractivity contribution >= 4 is 16.8 Å². The van der Waals surface area contributed by atoms with E-state index in [9.17, 15) is 9.59 Å². The average Bonchev–Trinajstić information content (AvgIpc) is 3.02. The average molecular weight is 401 g/mol. The Balaban J connectivity index is 1.44. The van der Waals surface area contributed by atoms with Gasteiger partial charge in [-0.25, -0.2) is 4.98 Å². The SMILES string of the molecule is Cc1nn(Cc2ccccc2)c(C)c1CNC(=O)Cn1cnc2ccccc2c1=O.